The summed E-state index contributed by atoms with van der Waals surface area (Å²) >= 11 is 5.22. The fourth-order valence-corrected chi connectivity index (χ4v) is 2.84. The van der Waals surface area contributed by atoms with Crippen molar-refractivity contribution in [1.82, 2.24) is 25.6 Å². The van der Waals surface area contributed by atoms with Crippen LogP contribution in [0, 0.1) is 11.7 Å². The number of carbonyl (C=O) groups excluding carboxylic acids is 2. The van der Waals surface area contributed by atoms with E-state index in [2.05, 4.69) is 26.4 Å². The molecule has 0 bridgehead atoms. The van der Waals surface area contributed by atoms with Gasteiger partial charge in [0.15, 0.2) is 10.6 Å². The molecule has 30 heavy (non-hydrogen) atoms. The maximum Gasteiger partial charge on any atom is 0.258 e. The molecule has 4 N–H and O–H groups in total. The Morgan fingerprint density at radius 1 is 1.07 bits per heavy atom. The normalized spacial score (nSPS) is 10.3. The minimum atomic E-state index is -0.439. The molecule has 0 radical (unpaired) electrons. The van der Waals surface area contributed by atoms with Crippen molar-refractivity contribution < 1.29 is 14.3 Å². The van der Waals surface area contributed by atoms with Crippen molar-refractivity contribution in [3.63, 3.8) is 0 Å². The highest BCUT2D eigenvalue weighted by Gasteiger charge is 2.13. The number of ether oxygens (including phenoxy) is 1. The zero-order chi connectivity index (χ0) is 21.5. The zero-order valence-electron chi connectivity index (χ0n) is 16.6. The van der Waals surface area contributed by atoms with Crippen LogP contribution in [0.5, 0.6) is 5.75 Å². The molecular formula is C20H22N6O3S. The van der Waals surface area contributed by atoms with Crippen LogP contribution in [0.3, 0.4) is 0 Å². The number of anilines is 1. The molecule has 2 amide bonds. The van der Waals surface area contributed by atoms with Gasteiger partial charge in [0, 0.05) is 11.3 Å². The SMILES string of the molecule is COc1ccc(-c2n[nH]c(=S)n2CC(=O)NNC(=O)CNc2ccc(C)cc2)cc1. The summed E-state index contributed by atoms with van der Waals surface area (Å²) < 4.78 is 6.99. The second kappa shape index (κ2) is 9.70. The largest absolute Gasteiger partial charge is 0.497 e. The number of hydrogen-bond donors (Lipinski definition) is 4. The van der Waals surface area contributed by atoms with Crippen LogP contribution in [-0.2, 0) is 16.1 Å². The monoisotopic (exact) mass is 426 g/mol. The number of nitrogens with one attached hydrogen (secondary N) is 4. The van der Waals surface area contributed by atoms with Crippen molar-refractivity contribution >= 4 is 29.7 Å². The molecule has 2 aromatic carbocycles. The van der Waals surface area contributed by atoms with Crippen LogP contribution in [0.2, 0.25) is 0 Å². The van der Waals surface area contributed by atoms with E-state index in [9.17, 15) is 9.59 Å². The Bertz CT molecular complexity index is 1070. The number of hydrogen-bond acceptors (Lipinski definition) is 6. The number of nitrogens with zero attached hydrogens (tertiary/aromatic N) is 2. The van der Waals surface area contributed by atoms with Gasteiger partial charge in [-0.3, -0.25) is 30.1 Å². The molecule has 0 atom stereocenters. The third-order valence-corrected chi connectivity index (χ3v) is 4.57. The van der Waals surface area contributed by atoms with Crippen molar-refractivity contribution in [2.24, 2.45) is 0 Å². The number of methoxy groups -OCH3 is 1. The van der Waals surface area contributed by atoms with Crippen molar-refractivity contribution in [1.29, 1.82) is 0 Å². The molecule has 0 spiro atoms. The number of aromatic nitrogens is 3. The molecule has 0 saturated heterocycles. The van der Waals surface area contributed by atoms with E-state index in [0.717, 1.165) is 16.8 Å². The number of benzene rings is 2. The third kappa shape index (κ3) is 5.45. The van der Waals surface area contributed by atoms with Gasteiger partial charge in [0.2, 0.25) is 0 Å². The lowest BCUT2D eigenvalue weighted by Gasteiger charge is -2.11. The second-order valence-electron chi connectivity index (χ2n) is 6.48. The van der Waals surface area contributed by atoms with Gasteiger partial charge in [-0.25, -0.2) is 0 Å². The summed E-state index contributed by atoms with van der Waals surface area (Å²) in [4.78, 5) is 24.2. The number of rotatable bonds is 7. The lowest BCUT2D eigenvalue weighted by Crippen LogP contribution is -2.45. The smallest absolute Gasteiger partial charge is 0.258 e. The number of H-pyrrole nitrogens is 1. The van der Waals surface area contributed by atoms with Gasteiger partial charge in [0.1, 0.15) is 12.3 Å². The Kier molecular flexibility index (Phi) is 6.81. The molecule has 1 heterocycles. The molecule has 0 fully saturated rings. The summed E-state index contributed by atoms with van der Waals surface area (Å²) in [5, 5.41) is 9.85. The van der Waals surface area contributed by atoms with E-state index in [0.29, 0.717) is 16.3 Å². The van der Waals surface area contributed by atoms with Crippen LogP contribution in [0.15, 0.2) is 48.5 Å². The van der Waals surface area contributed by atoms with Crippen LogP contribution >= 0.6 is 12.2 Å². The number of carbonyl (C=O) groups is 2. The molecule has 1 aromatic heterocycles. The first-order valence-corrected chi connectivity index (χ1v) is 9.55. The first-order chi connectivity index (χ1) is 14.5. The summed E-state index contributed by atoms with van der Waals surface area (Å²) in [6.45, 7) is 1.90. The van der Waals surface area contributed by atoms with E-state index in [1.807, 2.05) is 43.3 Å². The molecule has 3 rings (SSSR count). The molecule has 0 unspecified atom stereocenters. The molecule has 9 nitrogen and oxygen atoms in total. The van der Waals surface area contributed by atoms with Crippen molar-refractivity contribution in [3.05, 3.63) is 58.9 Å². The Morgan fingerprint density at radius 3 is 2.40 bits per heavy atom. The minimum Gasteiger partial charge on any atom is -0.497 e. The van der Waals surface area contributed by atoms with E-state index >= 15 is 0 Å². The molecule has 156 valence electrons. The summed E-state index contributed by atoms with van der Waals surface area (Å²) in [6, 6.07) is 14.9. The van der Waals surface area contributed by atoms with Gasteiger partial charge in [-0.1, -0.05) is 17.7 Å². The standard InChI is InChI=1S/C20H22N6O3S/c1-13-3-7-15(8-4-13)21-11-17(27)22-23-18(28)12-26-19(24-25-20(26)30)14-5-9-16(29-2)10-6-14/h3-10,21H,11-12H2,1-2H3,(H,22,27)(H,23,28)(H,25,30). The van der Waals surface area contributed by atoms with Gasteiger partial charge < -0.3 is 10.1 Å². The lowest BCUT2D eigenvalue weighted by molar-refractivity contribution is -0.128. The Balaban J connectivity index is 1.54. The van der Waals surface area contributed by atoms with Gasteiger partial charge in [0.25, 0.3) is 11.8 Å². The van der Waals surface area contributed by atoms with Gasteiger partial charge in [-0.2, -0.15) is 5.10 Å². The highest BCUT2D eigenvalue weighted by atomic mass is 32.1. The first-order valence-electron chi connectivity index (χ1n) is 9.14. The first kappa shape index (κ1) is 21.1. The molecule has 0 aliphatic rings. The van der Waals surface area contributed by atoms with E-state index in [1.165, 1.54) is 0 Å². The quantitative estimate of drug-likeness (QED) is 0.340. The van der Waals surface area contributed by atoms with Crippen LogP contribution in [0.1, 0.15) is 5.56 Å². The van der Waals surface area contributed by atoms with Crippen LogP contribution in [-0.4, -0.2) is 40.2 Å². The van der Waals surface area contributed by atoms with Gasteiger partial charge in [-0.15, -0.1) is 0 Å². The van der Waals surface area contributed by atoms with Crippen LogP contribution in [0.4, 0.5) is 5.69 Å². The highest BCUT2D eigenvalue weighted by Crippen LogP contribution is 2.20. The van der Waals surface area contributed by atoms with Gasteiger partial charge in [0.05, 0.1) is 13.7 Å². The summed E-state index contributed by atoms with van der Waals surface area (Å²) in [7, 11) is 1.58. The van der Waals surface area contributed by atoms with E-state index in [1.54, 1.807) is 23.8 Å². The van der Waals surface area contributed by atoms with Crippen molar-refractivity contribution in [2.45, 2.75) is 13.5 Å². The topological polar surface area (TPSA) is 113 Å². The van der Waals surface area contributed by atoms with E-state index in [4.69, 9.17) is 17.0 Å². The maximum absolute atomic E-state index is 12.3. The maximum atomic E-state index is 12.3. The van der Waals surface area contributed by atoms with Crippen molar-refractivity contribution in [3.8, 4) is 17.1 Å². The third-order valence-electron chi connectivity index (χ3n) is 4.25. The average molecular weight is 427 g/mol. The number of hydrazine groups is 1. The fourth-order valence-electron chi connectivity index (χ4n) is 2.65. The summed E-state index contributed by atoms with van der Waals surface area (Å²) in [5.41, 5.74) is 7.47. The van der Waals surface area contributed by atoms with Gasteiger partial charge >= 0.3 is 0 Å². The Labute approximate surface area is 178 Å². The average Bonchev–Trinajstić information content (AvgIpc) is 3.12. The summed E-state index contributed by atoms with van der Waals surface area (Å²) in [6.07, 6.45) is 0. The highest BCUT2D eigenvalue weighted by molar-refractivity contribution is 7.71. The zero-order valence-corrected chi connectivity index (χ0v) is 17.4. The fraction of sp³-hybridized carbons (Fsp3) is 0.200. The molecule has 0 saturated carbocycles. The van der Waals surface area contributed by atoms with Crippen LogP contribution < -0.4 is 20.9 Å². The molecule has 0 aliphatic heterocycles. The molecule has 10 heteroatoms. The predicted molar refractivity (Wildman–Crippen MR) is 115 cm³/mol. The molecule has 3 aromatic rings. The second-order valence-corrected chi connectivity index (χ2v) is 6.87. The number of aryl methyl sites for hydroxylation is 1. The Morgan fingerprint density at radius 2 is 1.73 bits per heavy atom. The minimum absolute atomic E-state index is 0.0194. The van der Waals surface area contributed by atoms with E-state index < -0.39 is 5.91 Å². The van der Waals surface area contributed by atoms with E-state index in [-0.39, 0.29) is 19.0 Å². The van der Waals surface area contributed by atoms with Crippen LogP contribution in [0.25, 0.3) is 11.4 Å². The van der Waals surface area contributed by atoms with Gasteiger partial charge in [-0.05, 0) is 55.5 Å². The summed E-state index contributed by atoms with van der Waals surface area (Å²) in [5.74, 6) is 0.394. The number of amides is 2. The molecule has 0 aliphatic carbocycles. The lowest BCUT2D eigenvalue weighted by atomic mass is 10.2. The molecular weight excluding hydrogens is 404 g/mol. The Hall–Kier alpha value is -3.66. The number of aromatic amines is 1. The van der Waals surface area contributed by atoms with Crippen molar-refractivity contribution in [2.75, 3.05) is 19.0 Å². The predicted octanol–water partition coefficient (Wildman–Crippen LogP) is 2.18.